The van der Waals surface area contributed by atoms with Gasteiger partial charge < -0.3 is 5.32 Å². The Morgan fingerprint density at radius 3 is 2.50 bits per heavy atom. The van der Waals surface area contributed by atoms with Gasteiger partial charge >= 0.3 is 6.18 Å². The highest BCUT2D eigenvalue weighted by Gasteiger charge is 2.25. The maximum atomic E-state index is 11.7. The number of hydrogen-bond acceptors (Lipinski definition) is 1. The second kappa shape index (κ2) is 6.43. The number of alkyl halides is 3. The van der Waals surface area contributed by atoms with Gasteiger partial charge in [-0.25, -0.2) is 0 Å². The summed E-state index contributed by atoms with van der Waals surface area (Å²) in [7, 11) is 0. The van der Waals surface area contributed by atoms with Gasteiger partial charge in [-0.05, 0) is 12.5 Å². The first-order valence-electron chi connectivity index (χ1n) is 4.20. The summed E-state index contributed by atoms with van der Waals surface area (Å²) in [4.78, 5) is 0. The van der Waals surface area contributed by atoms with E-state index >= 15 is 0 Å². The Kier molecular flexibility index (Phi) is 5.95. The molecule has 0 heterocycles. The molecule has 0 atom stereocenters. The zero-order chi connectivity index (χ0) is 11.0. The Balaban J connectivity index is 3.65. The van der Waals surface area contributed by atoms with Crippen molar-refractivity contribution in [1.29, 1.82) is 0 Å². The van der Waals surface area contributed by atoms with Gasteiger partial charge in [0.05, 0.1) is 6.54 Å². The van der Waals surface area contributed by atoms with Crippen molar-refractivity contribution in [2.75, 3.05) is 13.1 Å². The zero-order valence-electron chi connectivity index (χ0n) is 8.06. The van der Waals surface area contributed by atoms with E-state index in [1.165, 1.54) is 0 Å². The summed E-state index contributed by atoms with van der Waals surface area (Å²) < 4.78 is 35.1. The average molecular weight is 205 g/mol. The van der Waals surface area contributed by atoms with Crippen LogP contribution >= 0.6 is 0 Å². The molecule has 0 aliphatic rings. The molecular weight excluding hydrogens is 191 g/mol. The first kappa shape index (κ1) is 13.0. The molecule has 0 unspecified atom stereocenters. The van der Waals surface area contributed by atoms with Crippen LogP contribution in [0.25, 0.3) is 0 Å². The second-order valence-corrected chi connectivity index (χ2v) is 2.76. The summed E-state index contributed by atoms with van der Waals surface area (Å²) in [5.41, 5.74) is 0.618. The van der Waals surface area contributed by atoms with E-state index < -0.39 is 12.7 Å². The third-order valence-electron chi connectivity index (χ3n) is 1.31. The molecule has 0 amide bonds. The van der Waals surface area contributed by atoms with E-state index in [0.717, 1.165) is 0 Å². The number of rotatable bonds is 5. The van der Waals surface area contributed by atoms with E-state index in [9.17, 15) is 13.2 Å². The maximum Gasteiger partial charge on any atom is 0.401 e. The molecule has 0 saturated carbocycles. The molecule has 0 radical (unpaired) electrons. The Labute approximate surface area is 82.0 Å². The molecule has 0 aromatic carbocycles. The molecule has 0 aliphatic carbocycles. The minimum Gasteiger partial charge on any atom is -0.305 e. The second-order valence-electron chi connectivity index (χ2n) is 2.76. The Morgan fingerprint density at radius 2 is 2.00 bits per heavy atom. The smallest absolute Gasteiger partial charge is 0.305 e. The molecule has 0 bridgehead atoms. The first-order valence-corrected chi connectivity index (χ1v) is 4.20. The van der Waals surface area contributed by atoms with Crippen molar-refractivity contribution in [3.63, 3.8) is 0 Å². The molecule has 1 nitrogen and oxygen atoms in total. The number of halogens is 3. The minimum absolute atomic E-state index is 0.146. The number of hydrogen-bond donors (Lipinski definition) is 1. The van der Waals surface area contributed by atoms with Gasteiger partial charge in [-0.15, -0.1) is 0 Å². The largest absolute Gasteiger partial charge is 0.401 e. The maximum absolute atomic E-state index is 11.7. The van der Waals surface area contributed by atoms with Crippen molar-refractivity contribution in [3.05, 3.63) is 36.5 Å². The van der Waals surface area contributed by atoms with Crippen molar-refractivity contribution in [1.82, 2.24) is 5.32 Å². The lowest BCUT2D eigenvalue weighted by Gasteiger charge is -2.07. The topological polar surface area (TPSA) is 12.0 Å². The van der Waals surface area contributed by atoms with Crippen LogP contribution in [0.1, 0.15) is 6.92 Å². The van der Waals surface area contributed by atoms with Gasteiger partial charge in [0, 0.05) is 6.54 Å². The summed E-state index contributed by atoms with van der Waals surface area (Å²) in [6, 6.07) is 0. The van der Waals surface area contributed by atoms with Gasteiger partial charge in [0.2, 0.25) is 0 Å². The van der Waals surface area contributed by atoms with Crippen LogP contribution in [-0.4, -0.2) is 19.3 Å². The molecule has 0 fully saturated rings. The fourth-order valence-corrected chi connectivity index (χ4v) is 0.726. The molecule has 14 heavy (non-hydrogen) atoms. The standard InChI is InChI=1S/C10H14F3N/c1-3-4-5-6-9(2)7-14-8-10(11,12)13/h3-6,14H,2,7-8H2,1H3/b4-3-,6-5-. The average Bonchev–Trinajstić information content (AvgIpc) is 2.02. The lowest BCUT2D eigenvalue weighted by atomic mass is 10.2. The molecule has 80 valence electrons. The Morgan fingerprint density at radius 1 is 1.36 bits per heavy atom. The highest BCUT2D eigenvalue weighted by atomic mass is 19.4. The van der Waals surface area contributed by atoms with Gasteiger partial charge in [-0.1, -0.05) is 30.9 Å². The van der Waals surface area contributed by atoms with Crippen LogP contribution in [0.15, 0.2) is 36.5 Å². The van der Waals surface area contributed by atoms with Crippen molar-refractivity contribution < 1.29 is 13.2 Å². The summed E-state index contributed by atoms with van der Waals surface area (Å²) >= 11 is 0. The normalized spacial score (nSPS) is 12.9. The SMILES string of the molecule is C=C(/C=C\C=C/C)CNCC(F)(F)F. The summed E-state index contributed by atoms with van der Waals surface area (Å²) in [5, 5.41) is 2.25. The van der Waals surface area contributed by atoms with Crippen molar-refractivity contribution in [2.45, 2.75) is 13.1 Å². The van der Waals surface area contributed by atoms with Crippen LogP contribution in [-0.2, 0) is 0 Å². The zero-order valence-corrected chi connectivity index (χ0v) is 8.06. The van der Waals surface area contributed by atoms with Crippen LogP contribution < -0.4 is 5.32 Å². The predicted molar refractivity (Wildman–Crippen MR) is 52.0 cm³/mol. The molecule has 0 rings (SSSR count). The third kappa shape index (κ3) is 9.06. The summed E-state index contributed by atoms with van der Waals surface area (Å²) in [5.74, 6) is 0. The van der Waals surface area contributed by atoms with E-state index in [2.05, 4.69) is 11.9 Å². The van der Waals surface area contributed by atoms with Gasteiger partial charge in [0.15, 0.2) is 0 Å². The van der Waals surface area contributed by atoms with Crippen LogP contribution in [0.4, 0.5) is 13.2 Å². The number of allylic oxidation sites excluding steroid dienone is 3. The lowest BCUT2D eigenvalue weighted by Crippen LogP contribution is -2.29. The van der Waals surface area contributed by atoms with E-state index in [0.29, 0.717) is 5.57 Å². The van der Waals surface area contributed by atoms with E-state index in [4.69, 9.17) is 0 Å². The molecular formula is C10H14F3N. The van der Waals surface area contributed by atoms with Gasteiger partial charge in [0.25, 0.3) is 0 Å². The Hall–Kier alpha value is -1.03. The fourth-order valence-electron chi connectivity index (χ4n) is 0.726. The summed E-state index contributed by atoms with van der Waals surface area (Å²) in [6.45, 7) is 4.62. The van der Waals surface area contributed by atoms with Crippen LogP contribution in [0.3, 0.4) is 0 Å². The van der Waals surface area contributed by atoms with E-state index in [-0.39, 0.29) is 6.54 Å². The van der Waals surface area contributed by atoms with Crippen molar-refractivity contribution in [2.24, 2.45) is 0 Å². The quantitative estimate of drug-likeness (QED) is 0.680. The summed E-state index contributed by atoms with van der Waals surface area (Å²) in [6.07, 6.45) is 2.86. The minimum atomic E-state index is -4.16. The highest BCUT2D eigenvalue weighted by molar-refractivity contribution is 5.20. The predicted octanol–water partition coefficient (Wildman–Crippen LogP) is 2.83. The molecule has 0 aromatic heterocycles. The fraction of sp³-hybridized carbons (Fsp3) is 0.400. The monoisotopic (exact) mass is 205 g/mol. The van der Waals surface area contributed by atoms with Crippen molar-refractivity contribution in [3.8, 4) is 0 Å². The number of nitrogens with one attached hydrogen (secondary N) is 1. The Bertz CT molecular complexity index is 226. The molecule has 0 aliphatic heterocycles. The third-order valence-corrected chi connectivity index (χ3v) is 1.31. The van der Waals surface area contributed by atoms with Gasteiger partial charge in [-0.2, -0.15) is 13.2 Å². The van der Waals surface area contributed by atoms with Gasteiger partial charge in [-0.3, -0.25) is 0 Å². The van der Waals surface area contributed by atoms with E-state index in [1.54, 1.807) is 18.2 Å². The van der Waals surface area contributed by atoms with Crippen molar-refractivity contribution >= 4 is 0 Å². The lowest BCUT2D eigenvalue weighted by molar-refractivity contribution is -0.124. The molecule has 0 spiro atoms. The molecule has 1 N–H and O–H groups in total. The van der Waals surface area contributed by atoms with E-state index in [1.807, 2.05) is 13.0 Å². The van der Waals surface area contributed by atoms with Crippen LogP contribution in [0, 0.1) is 0 Å². The molecule has 4 heteroatoms. The van der Waals surface area contributed by atoms with Crippen LogP contribution in [0.5, 0.6) is 0 Å². The van der Waals surface area contributed by atoms with Crippen LogP contribution in [0.2, 0.25) is 0 Å². The molecule has 0 saturated heterocycles. The molecule has 0 aromatic rings. The first-order chi connectivity index (χ1) is 6.45. The highest BCUT2D eigenvalue weighted by Crippen LogP contribution is 2.12. The van der Waals surface area contributed by atoms with Gasteiger partial charge in [0.1, 0.15) is 0 Å².